The molecule has 8 heteroatoms. The van der Waals surface area contributed by atoms with Gasteiger partial charge in [0, 0.05) is 19.5 Å². The number of para-hydroxylation sites is 1. The van der Waals surface area contributed by atoms with E-state index in [1.54, 1.807) is 25.1 Å². The Hall–Kier alpha value is -3.65. The Morgan fingerprint density at radius 2 is 1.49 bits per heavy atom. The van der Waals surface area contributed by atoms with E-state index in [9.17, 15) is 18.0 Å². The monoisotopic (exact) mass is 521 g/mol. The van der Waals surface area contributed by atoms with Gasteiger partial charge in [-0.05, 0) is 43.5 Å². The highest BCUT2D eigenvalue weighted by Crippen LogP contribution is 2.23. The van der Waals surface area contributed by atoms with Crippen LogP contribution in [-0.2, 0) is 32.6 Å². The quantitative estimate of drug-likeness (QED) is 0.415. The van der Waals surface area contributed by atoms with Gasteiger partial charge in [-0.15, -0.1) is 0 Å². The Labute approximate surface area is 220 Å². The van der Waals surface area contributed by atoms with Crippen LogP contribution in [0.25, 0.3) is 0 Å². The highest BCUT2D eigenvalue weighted by Gasteiger charge is 2.33. The normalized spacial score (nSPS) is 12.0. The highest BCUT2D eigenvalue weighted by atomic mass is 32.2. The van der Waals surface area contributed by atoms with Crippen LogP contribution in [0.1, 0.15) is 29.2 Å². The molecule has 3 rings (SSSR count). The zero-order valence-electron chi connectivity index (χ0n) is 21.8. The molecule has 3 aromatic rings. The molecule has 0 bridgehead atoms. The molecular weight excluding hydrogens is 486 g/mol. The number of aryl methyl sites for hydroxylation is 2. The summed E-state index contributed by atoms with van der Waals surface area (Å²) in [5, 5.41) is 2.86. The molecule has 0 saturated carbocycles. The molecule has 1 unspecified atom stereocenters. The van der Waals surface area contributed by atoms with Gasteiger partial charge in [0.2, 0.25) is 21.8 Å². The lowest BCUT2D eigenvalue weighted by atomic mass is 10.0. The molecule has 0 aromatic heterocycles. The number of nitrogens with zero attached hydrogens (tertiary/aromatic N) is 2. The fraction of sp³-hybridized carbons (Fsp3) is 0.310. The molecular formula is C29H35N3O4S. The lowest BCUT2D eigenvalue weighted by Crippen LogP contribution is -2.53. The van der Waals surface area contributed by atoms with Gasteiger partial charge in [-0.25, -0.2) is 8.42 Å². The van der Waals surface area contributed by atoms with Gasteiger partial charge in [-0.3, -0.25) is 13.9 Å². The van der Waals surface area contributed by atoms with Crippen LogP contribution in [0.5, 0.6) is 0 Å². The van der Waals surface area contributed by atoms with E-state index in [1.165, 1.54) is 4.90 Å². The number of likely N-dealkylation sites (N-methyl/N-ethyl adjacent to an activating group) is 1. The van der Waals surface area contributed by atoms with Crippen LogP contribution >= 0.6 is 0 Å². The Balaban J connectivity index is 2.04. The summed E-state index contributed by atoms with van der Waals surface area (Å²) in [5.74, 6) is -0.741. The van der Waals surface area contributed by atoms with Crippen LogP contribution in [0, 0.1) is 13.8 Å². The molecule has 2 amide bonds. The number of benzene rings is 3. The topological polar surface area (TPSA) is 86.8 Å². The second-order valence-electron chi connectivity index (χ2n) is 9.16. The summed E-state index contributed by atoms with van der Waals surface area (Å²) in [6.07, 6.45) is 1.38. The smallest absolute Gasteiger partial charge is 0.244 e. The van der Waals surface area contributed by atoms with E-state index in [0.717, 1.165) is 32.8 Å². The number of sulfonamides is 1. The number of anilines is 1. The molecule has 0 aliphatic rings. The third-order valence-corrected chi connectivity index (χ3v) is 7.29. The average molecular weight is 522 g/mol. The van der Waals surface area contributed by atoms with Crippen molar-refractivity contribution in [1.29, 1.82) is 0 Å². The van der Waals surface area contributed by atoms with Crippen molar-refractivity contribution in [3.63, 3.8) is 0 Å². The molecule has 7 nitrogen and oxygen atoms in total. The third kappa shape index (κ3) is 7.67. The van der Waals surface area contributed by atoms with Gasteiger partial charge in [-0.1, -0.05) is 78.4 Å². The number of hydrogen-bond donors (Lipinski definition) is 1. The standard InChI is InChI=1S/C29H35N3O4S/c1-5-30-29(34)27(19-24-12-7-6-8-13-24)31(20-25-17-15-22(2)16-18-25)28(33)21-32(37(4,35)36)26-14-10-9-11-23(26)3/h6-18,27H,5,19-21H2,1-4H3,(H,30,34). The maximum Gasteiger partial charge on any atom is 0.244 e. The zero-order chi connectivity index (χ0) is 27.0. The molecule has 3 aromatic carbocycles. The van der Waals surface area contributed by atoms with E-state index < -0.39 is 28.5 Å². The fourth-order valence-corrected chi connectivity index (χ4v) is 5.08. The molecule has 0 spiro atoms. The molecule has 0 radical (unpaired) electrons. The summed E-state index contributed by atoms with van der Waals surface area (Å²) in [4.78, 5) is 28.7. The van der Waals surface area contributed by atoms with E-state index in [2.05, 4.69) is 5.32 Å². The lowest BCUT2D eigenvalue weighted by Gasteiger charge is -2.33. The van der Waals surface area contributed by atoms with E-state index in [4.69, 9.17) is 0 Å². The summed E-state index contributed by atoms with van der Waals surface area (Å²) in [5.41, 5.74) is 4.00. The average Bonchev–Trinajstić information content (AvgIpc) is 2.86. The van der Waals surface area contributed by atoms with E-state index in [1.807, 2.05) is 74.5 Å². The van der Waals surface area contributed by atoms with Crippen LogP contribution in [0.2, 0.25) is 0 Å². The van der Waals surface area contributed by atoms with Gasteiger partial charge in [0.1, 0.15) is 12.6 Å². The van der Waals surface area contributed by atoms with Crippen LogP contribution in [-0.4, -0.2) is 50.5 Å². The van der Waals surface area contributed by atoms with Gasteiger partial charge < -0.3 is 10.2 Å². The van der Waals surface area contributed by atoms with Crippen molar-refractivity contribution >= 4 is 27.5 Å². The van der Waals surface area contributed by atoms with E-state index >= 15 is 0 Å². The van der Waals surface area contributed by atoms with Crippen LogP contribution in [0.3, 0.4) is 0 Å². The number of carbonyl (C=O) groups excluding carboxylic acids is 2. The Bertz CT molecular complexity index is 1310. The first-order valence-electron chi connectivity index (χ1n) is 12.3. The van der Waals surface area contributed by atoms with Crippen molar-refractivity contribution in [2.75, 3.05) is 23.7 Å². The second-order valence-corrected chi connectivity index (χ2v) is 11.1. The van der Waals surface area contributed by atoms with Gasteiger partial charge in [0.05, 0.1) is 11.9 Å². The summed E-state index contributed by atoms with van der Waals surface area (Å²) < 4.78 is 26.7. The molecule has 0 heterocycles. The largest absolute Gasteiger partial charge is 0.355 e. The Morgan fingerprint density at radius 3 is 2.08 bits per heavy atom. The predicted octanol–water partition coefficient (Wildman–Crippen LogP) is 3.85. The second kappa shape index (κ2) is 12.5. The minimum absolute atomic E-state index is 0.166. The number of hydrogen-bond acceptors (Lipinski definition) is 4. The summed E-state index contributed by atoms with van der Waals surface area (Å²) in [6.45, 7) is 5.77. The summed E-state index contributed by atoms with van der Waals surface area (Å²) >= 11 is 0. The molecule has 0 saturated heterocycles. The SMILES string of the molecule is CCNC(=O)C(Cc1ccccc1)N(Cc1ccc(C)cc1)C(=O)CN(c1ccccc1C)S(C)(=O)=O. The highest BCUT2D eigenvalue weighted by molar-refractivity contribution is 7.92. The summed E-state index contributed by atoms with van der Waals surface area (Å²) in [6, 6.07) is 23.4. The number of carbonyl (C=O) groups is 2. The molecule has 1 atom stereocenters. The van der Waals surface area contributed by atoms with Crippen molar-refractivity contribution in [1.82, 2.24) is 10.2 Å². The minimum atomic E-state index is -3.78. The van der Waals surface area contributed by atoms with Crippen molar-refractivity contribution < 1.29 is 18.0 Å². The molecule has 0 aliphatic carbocycles. The Kier molecular flexibility index (Phi) is 9.47. The van der Waals surface area contributed by atoms with Crippen molar-refractivity contribution in [2.45, 2.75) is 39.8 Å². The minimum Gasteiger partial charge on any atom is -0.355 e. The van der Waals surface area contributed by atoms with E-state index in [0.29, 0.717) is 18.7 Å². The number of amides is 2. The van der Waals surface area contributed by atoms with Gasteiger partial charge >= 0.3 is 0 Å². The molecule has 0 fully saturated rings. The number of nitrogens with one attached hydrogen (secondary N) is 1. The van der Waals surface area contributed by atoms with Gasteiger partial charge in [0.25, 0.3) is 0 Å². The number of rotatable bonds is 11. The first kappa shape index (κ1) is 27.9. The van der Waals surface area contributed by atoms with Crippen LogP contribution in [0.4, 0.5) is 5.69 Å². The maximum atomic E-state index is 13.9. The predicted molar refractivity (Wildman–Crippen MR) is 148 cm³/mol. The van der Waals surface area contributed by atoms with Gasteiger partial charge in [-0.2, -0.15) is 0 Å². The van der Waals surface area contributed by atoms with Gasteiger partial charge in [0.15, 0.2) is 0 Å². The zero-order valence-corrected chi connectivity index (χ0v) is 22.7. The molecule has 0 aliphatic heterocycles. The third-order valence-electron chi connectivity index (χ3n) is 6.16. The molecule has 37 heavy (non-hydrogen) atoms. The first-order chi connectivity index (χ1) is 17.6. The van der Waals surface area contributed by atoms with Crippen molar-refractivity contribution in [2.24, 2.45) is 0 Å². The molecule has 1 N–H and O–H groups in total. The van der Waals surface area contributed by atoms with Crippen molar-refractivity contribution in [3.05, 3.63) is 101 Å². The summed E-state index contributed by atoms with van der Waals surface area (Å²) in [7, 11) is -3.78. The van der Waals surface area contributed by atoms with Crippen molar-refractivity contribution in [3.8, 4) is 0 Å². The molecule has 196 valence electrons. The van der Waals surface area contributed by atoms with E-state index in [-0.39, 0.29) is 12.5 Å². The maximum absolute atomic E-state index is 13.9. The lowest BCUT2D eigenvalue weighted by molar-refractivity contribution is -0.140. The fourth-order valence-electron chi connectivity index (χ4n) is 4.17. The van der Waals surface area contributed by atoms with Crippen LogP contribution in [0.15, 0.2) is 78.9 Å². The Morgan fingerprint density at radius 1 is 0.865 bits per heavy atom. The van der Waals surface area contributed by atoms with Crippen LogP contribution < -0.4 is 9.62 Å². The first-order valence-corrected chi connectivity index (χ1v) is 14.1.